The van der Waals surface area contributed by atoms with Gasteiger partial charge in [0.2, 0.25) is 0 Å². The summed E-state index contributed by atoms with van der Waals surface area (Å²) in [5, 5.41) is 6.33. The third-order valence-corrected chi connectivity index (χ3v) is 6.07. The normalized spacial score (nSPS) is 33.3. The number of carbonyl (C=O) groups excluding carboxylic acids is 2. The summed E-state index contributed by atoms with van der Waals surface area (Å²) in [7, 11) is 0. The SMILES string of the molecule is CCOC(=O)CCCCCNC(=O)NC12CC3CC(CC(C3)C1)C2. The maximum absolute atomic E-state index is 12.3. The van der Waals surface area contributed by atoms with Crippen molar-refractivity contribution >= 4 is 12.0 Å². The summed E-state index contributed by atoms with van der Waals surface area (Å²) in [6.45, 7) is 2.95. The summed E-state index contributed by atoms with van der Waals surface area (Å²) in [5.41, 5.74) is 0.0861. The van der Waals surface area contributed by atoms with Crippen LogP contribution in [0.25, 0.3) is 0 Å². The van der Waals surface area contributed by atoms with E-state index >= 15 is 0 Å². The van der Waals surface area contributed by atoms with Crippen LogP contribution in [0.1, 0.15) is 71.1 Å². The Hall–Kier alpha value is -1.26. The molecule has 0 aromatic rings. The van der Waals surface area contributed by atoms with Gasteiger partial charge in [0, 0.05) is 18.5 Å². The van der Waals surface area contributed by atoms with E-state index in [1.165, 1.54) is 38.5 Å². The predicted molar refractivity (Wildman–Crippen MR) is 92.5 cm³/mol. The molecule has 0 aromatic carbocycles. The van der Waals surface area contributed by atoms with E-state index in [1.807, 2.05) is 6.92 Å². The zero-order valence-corrected chi connectivity index (χ0v) is 14.9. The molecule has 0 spiro atoms. The van der Waals surface area contributed by atoms with Gasteiger partial charge < -0.3 is 15.4 Å². The average molecular weight is 336 g/mol. The highest BCUT2D eigenvalue weighted by Crippen LogP contribution is 2.55. The second kappa shape index (κ2) is 7.75. The summed E-state index contributed by atoms with van der Waals surface area (Å²) in [6.07, 6.45) is 10.9. The molecule has 4 aliphatic carbocycles. The molecular formula is C19H32N2O3. The zero-order valence-electron chi connectivity index (χ0n) is 14.9. The van der Waals surface area contributed by atoms with Crippen molar-refractivity contribution in [2.75, 3.05) is 13.2 Å². The second-order valence-corrected chi connectivity index (χ2v) is 8.19. The smallest absolute Gasteiger partial charge is 0.315 e. The van der Waals surface area contributed by atoms with Gasteiger partial charge in [-0.25, -0.2) is 4.79 Å². The van der Waals surface area contributed by atoms with Crippen LogP contribution in [0.15, 0.2) is 0 Å². The first-order valence-electron chi connectivity index (χ1n) is 9.80. The fraction of sp³-hybridized carbons (Fsp3) is 0.895. The lowest BCUT2D eigenvalue weighted by Gasteiger charge is -2.56. The Labute approximate surface area is 145 Å². The Balaban J connectivity index is 1.30. The van der Waals surface area contributed by atoms with Gasteiger partial charge in [-0.3, -0.25) is 4.79 Å². The summed E-state index contributed by atoms with van der Waals surface area (Å²) in [6, 6.07) is 0.00217. The predicted octanol–water partition coefficient (Wildman–Crippen LogP) is 3.38. The van der Waals surface area contributed by atoms with Crippen LogP contribution in [0.3, 0.4) is 0 Å². The molecule has 136 valence electrons. The molecule has 0 atom stereocenters. The third-order valence-electron chi connectivity index (χ3n) is 6.07. The van der Waals surface area contributed by atoms with Crippen LogP contribution >= 0.6 is 0 Å². The molecule has 4 aliphatic rings. The van der Waals surface area contributed by atoms with Crippen molar-refractivity contribution in [3.05, 3.63) is 0 Å². The van der Waals surface area contributed by atoms with Crippen molar-refractivity contribution in [3.63, 3.8) is 0 Å². The van der Waals surface area contributed by atoms with Crippen LogP contribution in [-0.4, -0.2) is 30.7 Å². The van der Waals surface area contributed by atoms with E-state index in [2.05, 4.69) is 10.6 Å². The lowest BCUT2D eigenvalue weighted by molar-refractivity contribution is -0.143. The molecule has 2 N–H and O–H groups in total. The van der Waals surface area contributed by atoms with E-state index in [1.54, 1.807) is 0 Å². The van der Waals surface area contributed by atoms with Crippen LogP contribution in [0.4, 0.5) is 4.79 Å². The Morgan fingerprint density at radius 2 is 1.62 bits per heavy atom. The zero-order chi connectivity index (χ0) is 17.0. The number of unbranched alkanes of at least 4 members (excludes halogenated alkanes) is 2. The van der Waals surface area contributed by atoms with E-state index in [-0.39, 0.29) is 17.5 Å². The van der Waals surface area contributed by atoms with Gasteiger partial charge in [0.25, 0.3) is 0 Å². The van der Waals surface area contributed by atoms with Crippen LogP contribution in [0.5, 0.6) is 0 Å². The van der Waals surface area contributed by atoms with Gasteiger partial charge in [0.1, 0.15) is 0 Å². The molecule has 5 heteroatoms. The van der Waals surface area contributed by atoms with Crippen LogP contribution in [-0.2, 0) is 9.53 Å². The first-order valence-corrected chi connectivity index (χ1v) is 9.80. The number of hydrogen-bond acceptors (Lipinski definition) is 3. The van der Waals surface area contributed by atoms with Gasteiger partial charge >= 0.3 is 12.0 Å². The molecule has 0 radical (unpaired) electrons. The fourth-order valence-corrected chi connectivity index (χ4v) is 5.55. The molecule has 0 unspecified atom stereocenters. The Kier molecular flexibility index (Phi) is 5.67. The molecular weight excluding hydrogens is 304 g/mol. The summed E-state index contributed by atoms with van der Waals surface area (Å²) < 4.78 is 4.90. The lowest BCUT2D eigenvalue weighted by atomic mass is 9.53. The number of ether oxygens (including phenoxy) is 1. The fourth-order valence-electron chi connectivity index (χ4n) is 5.55. The van der Waals surface area contributed by atoms with Crippen LogP contribution in [0.2, 0.25) is 0 Å². The molecule has 5 nitrogen and oxygen atoms in total. The van der Waals surface area contributed by atoms with Crippen LogP contribution < -0.4 is 10.6 Å². The molecule has 4 fully saturated rings. The molecule has 24 heavy (non-hydrogen) atoms. The lowest BCUT2D eigenvalue weighted by Crippen LogP contribution is -2.61. The number of hydrogen-bond donors (Lipinski definition) is 2. The summed E-state index contributed by atoms with van der Waals surface area (Å²) >= 11 is 0. The third kappa shape index (κ3) is 4.42. The van der Waals surface area contributed by atoms with Crippen molar-refractivity contribution in [2.24, 2.45) is 17.8 Å². The van der Waals surface area contributed by atoms with Gasteiger partial charge in [0.05, 0.1) is 6.61 Å². The quantitative estimate of drug-likeness (QED) is 0.527. The van der Waals surface area contributed by atoms with Crippen molar-refractivity contribution in [1.82, 2.24) is 10.6 Å². The Morgan fingerprint density at radius 1 is 1.00 bits per heavy atom. The van der Waals surface area contributed by atoms with Crippen molar-refractivity contribution < 1.29 is 14.3 Å². The number of esters is 1. The van der Waals surface area contributed by atoms with Gasteiger partial charge in [-0.2, -0.15) is 0 Å². The minimum atomic E-state index is -0.120. The first kappa shape index (κ1) is 17.6. The largest absolute Gasteiger partial charge is 0.466 e. The van der Waals surface area contributed by atoms with E-state index in [0.29, 0.717) is 19.6 Å². The van der Waals surface area contributed by atoms with Crippen molar-refractivity contribution in [3.8, 4) is 0 Å². The molecule has 2 amide bonds. The molecule has 0 aliphatic heterocycles. The Bertz CT molecular complexity index is 428. The highest BCUT2D eigenvalue weighted by atomic mass is 16.5. The number of urea groups is 1. The number of nitrogens with one attached hydrogen (secondary N) is 2. The second-order valence-electron chi connectivity index (χ2n) is 8.19. The van der Waals surface area contributed by atoms with E-state index in [4.69, 9.17) is 4.74 Å². The average Bonchev–Trinajstić information content (AvgIpc) is 2.49. The molecule has 4 saturated carbocycles. The van der Waals surface area contributed by atoms with Gasteiger partial charge in [0.15, 0.2) is 0 Å². The standard InChI is InChI=1S/C19H32N2O3/c1-2-24-17(22)6-4-3-5-7-20-18(23)21-19-11-14-8-15(12-19)10-16(9-14)13-19/h14-16H,2-13H2,1H3,(H2,20,21,23). The first-order chi connectivity index (χ1) is 11.6. The summed E-state index contributed by atoms with van der Waals surface area (Å²) in [5.74, 6) is 2.42. The Morgan fingerprint density at radius 3 is 2.21 bits per heavy atom. The van der Waals surface area contributed by atoms with Gasteiger partial charge in [-0.15, -0.1) is 0 Å². The van der Waals surface area contributed by atoms with Crippen molar-refractivity contribution in [2.45, 2.75) is 76.7 Å². The molecule has 0 heterocycles. The van der Waals surface area contributed by atoms with E-state index in [9.17, 15) is 9.59 Å². The monoisotopic (exact) mass is 336 g/mol. The van der Waals surface area contributed by atoms with E-state index < -0.39 is 0 Å². The molecule has 0 aromatic heterocycles. The minimum Gasteiger partial charge on any atom is -0.466 e. The maximum Gasteiger partial charge on any atom is 0.315 e. The highest BCUT2D eigenvalue weighted by molar-refractivity contribution is 5.74. The van der Waals surface area contributed by atoms with Crippen LogP contribution in [0, 0.1) is 17.8 Å². The number of carbonyl (C=O) groups is 2. The minimum absolute atomic E-state index is 0.00217. The van der Waals surface area contributed by atoms with E-state index in [0.717, 1.165) is 37.0 Å². The summed E-state index contributed by atoms with van der Waals surface area (Å²) in [4.78, 5) is 23.5. The number of rotatable bonds is 8. The number of amides is 2. The molecule has 0 saturated heterocycles. The topological polar surface area (TPSA) is 67.4 Å². The molecule has 4 rings (SSSR count). The molecule has 4 bridgehead atoms. The van der Waals surface area contributed by atoms with Gasteiger partial charge in [-0.1, -0.05) is 6.42 Å². The van der Waals surface area contributed by atoms with Crippen molar-refractivity contribution in [1.29, 1.82) is 0 Å². The van der Waals surface area contributed by atoms with Gasteiger partial charge in [-0.05, 0) is 76.0 Å². The maximum atomic E-state index is 12.3. The highest BCUT2D eigenvalue weighted by Gasteiger charge is 2.51.